The highest BCUT2D eigenvalue weighted by Crippen LogP contribution is 2.26. The summed E-state index contributed by atoms with van der Waals surface area (Å²) < 4.78 is 1.69. The van der Waals surface area contributed by atoms with Crippen LogP contribution in [-0.2, 0) is 6.54 Å². The molecule has 0 aliphatic carbocycles. The van der Waals surface area contributed by atoms with Crippen LogP contribution < -0.4 is 5.56 Å². The number of halogens is 1. The van der Waals surface area contributed by atoms with Crippen LogP contribution in [0.15, 0.2) is 77.7 Å². The smallest absolute Gasteiger partial charge is 0.263 e. The third-order valence-electron chi connectivity index (χ3n) is 6.14. The Labute approximate surface area is 216 Å². The lowest BCUT2D eigenvalue weighted by Gasteiger charge is -2.33. The minimum absolute atomic E-state index is 0.137. The van der Waals surface area contributed by atoms with Crippen molar-refractivity contribution in [3.05, 3.63) is 105 Å². The Morgan fingerprint density at radius 3 is 2.39 bits per heavy atom. The van der Waals surface area contributed by atoms with Crippen molar-refractivity contribution in [3.8, 4) is 0 Å². The second kappa shape index (κ2) is 11.5. The van der Waals surface area contributed by atoms with Crippen LogP contribution in [0.25, 0.3) is 11.0 Å². The number of rotatable bonds is 9. The minimum atomic E-state index is -0.434. The molecule has 0 saturated carbocycles. The highest BCUT2D eigenvalue weighted by Gasteiger charge is 2.29. The molecule has 7 nitrogen and oxygen atoms in total. The van der Waals surface area contributed by atoms with Crippen LogP contribution in [-0.4, -0.2) is 57.4 Å². The van der Waals surface area contributed by atoms with E-state index in [1.807, 2.05) is 56.3 Å². The number of pyridine rings is 1. The number of carbonyl (C=O) groups is 1. The predicted octanol–water partition coefficient (Wildman–Crippen LogP) is 4.65. The van der Waals surface area contributed by atoms with Crippen molar-refractivity contribution in [2.45, 2.75) is 25.9 Å². The number of likely N-dealkylation sites (N-methyl/N-ethyl adjacent to an activating group) is 1. The van der Waals surface area contributed by atoms with E-state index in [0.29, 0.717) is 53.5 Å². The lowest BCUT2D eigenvalue weighted by Crippen LogP contribution is -2.42. The van der Waals surface area contributed by atoms with Crippen molar-refractivity contribution >= 4 is 28.5 Å². The standard InChI is InChI=1S/C28H30ClN5O2/c1-4-24(33(18-17-32(2)3)27(35)21-12-14-22(29)15-13-21)26-31-25-23(11-8-16-30-25)28(36)34(26)19-20-9-6-5-7-10-20/h5-16,24H,4,17-19H2,1-3H3. The van der Waals surface area contributed by atoms with E-state index < -0.39 is 6.04 Å². The first-order valence-corrected chi connectivity index (χ1v) is 12.4. The molecule has 4 aromatic rings. The Kier molecular flexibility index (Phi) is 8.13. The summed E-state index contributed by atoms with van der Waals surface area (Å²) in [5.41, 5.74) is 1.72. The van der Waals surface area contributed by atoms with Crippen LogP contribution in [0.2, 0.25) is 5.02 Å². The van der Waals surface area contributed by atoms with Gasteiger partial charge in [0.15, 0.2) is 5.65 Å². The summed E-state index contributed by atoms with van der Waals surface area (Å²) in [6, 6.07) is 19.7. The summed E-state index contributed by atoms with van der Waals surface area (Å²) in [4.78, 5) is 40.6. The minimum Gasteiger partial charge on any atom is -0.327 e. The molecule has 0 aliphatic heterocycles. The van der Waals surface area contributed by atoms with Gasteiger partial charge < -0.3 is 9.80 Å². The molecule has 0 aliphatic rings. The van der Waals surface area contributed by atoms with E-state index in [-0.39, 0.29) is 11.5 Å². The van der Waals surface area contributed by atoms with E-state index in [1.54, 1.807) is 52.1 Å². The summed E-state index contributed by atoms with van der Waals surface area (Å²) in [6.45, 7) is 3.48. The van der Waals surface area contributed by atoms with Crippen molar-refractivity contribution in [3.63, 3.8) is 0 Å². The topological polar surface area (TPSA) is 71.3 Å². The second-order valence-electron chi connectivity index (χ2n) is 8.95. The molecule has 0 bridgehead atoms. The normalized spacial score (nSPS) is 12.1. The summed E-state index contributed by atoms with van der Waals surface area (Å²) in [7, 11) is 3.94. The molecular formula is C28H30ClN5O2. The van der Waals surface area contributed by atoms with Crippen molar-refractivity contribution < 1.29 is 4.79 Å². The van der Waals surface area contributed by atoms with E-state index >= 15 is 0 Å². The summed E-state index contributed by atoms with van der Waals surface area (Å²) in [5.74, 6) is 0.389. The van der Waals surface area contributed by atoms with Crippen molar-refractivity contribution in [2.24, 2.45) is 0 Å². The van der Waals surface area contributed by atoms with E-state index in [2.05, 4.69) is 4.98 Å². The molecule has 1 unspecified atom stereocenters. The Morgan fingerprint density at radius 1 is 1.00 bits per heavy atom. The Balaban J connectivity index is 1.87. The van der Waals surface area contributed by atoms with Crippen LogP contribution >= 0.6 is 11.6 Å². The van der Waals surface area contributed by atoms with Gasteiger partial charge in [0.1, 0.15) is 5.82 Å². The average Bonchev–Trinajstić information content (AvgIpc) is 2.89. The fraction of sp³-hybridized carbons (Fsp3) is 0.286. The first kappa shape index (κ1) is 25.5. The molecule has 2 aromatic heterocycles. The van der Waals surface area contributed by atoms with Gasteiger partial charge in [0.05, 0.1) is 18.0 Å². The number of fused-ring (bicyclic) bond motifs is 1. The zero-order chi connectivity index (χ0) is 25.7. The zero-order valence-electron chi connectivity index (χ0n) is 20.8. The Bertz CT molecular complexity index is 1390. The maximum absolute atomic E-state index is 13.8. The van der Waals surface area contributed by atoms with Crippen LogP contribution in [0.1, 0.15) is 41.1 Å². The van der Waals surface area contributed by atoms with Gasteiger partial charge in [-0.25, -0.2) is 9.97 Å². The zero-order valence-corrected chi connectivity index (χ0v) is 21.5. The fourth-order valence-electron chi connectivity index (χ4n) is 4.25. The molecule has 0 saturated heterocycles. The van der Waals surface area contributed by atoms with Crippen molar-refractivity contribution in [1.29, 1.82) is 0 Å². The van der Waals surface area contributed by atoms with Gasteiger partial charge in [-0.2, -0.15) is 0 Å². The SMILES string of the molecule is CCC(c1nc2ncccc2c(=O)n1Cc1ccccc1)N(CCN(C)C)C(=O)c1ccc(Cl)cc1. The van der Waals surface area contributed by atoms with Crippen LogP contribution in [0.3, 0.4) is 0 Å². The van der Waals surface area contributed by atoms with E-state index in [9.17, 15) is 9.59 Å². The number of hydrogen-bond donors (Lipinski definition) is 0. The van der Waals surface area contributed by atoms with Crippen LogP contribution in [0, 0.1) is 0 Å². The molecule has 0 N–H and O–H groups in total. The van der Waals surface area contributed by atoms with Gasteiger partial charge in [0.25, 0.3) is 11.5 Å². The molecule has 186 valence electrons. The van der Waals surface area contributed by atoms with Crippen LogP contribution in [0.5, 0.6) is 0 Å². The summed E-state index contributed by atoms with van der Waals surface area (Å²) >= 11 is 6.07. The lowest BCUT2D eigenvalue weighted by molar-refractivity contribution is 0.0642. The maximum atomic E-state index is 13.8. The molecule has 2 heterocycles. The Morgan fingerprint density at radius 2 is 1.72 bits per heavy atom. The predicted molar refractivity (Wildman–Crippen MR) is 143 cm³/mol. The number of benzene rings is 2. The highest BCUT2D eigenvalue weighted by atomic mass is 35.5. The molecule has 8 heteroatoms. The first-order chi connectivity index (χ1) is 17.4. The van der Waals surface area contributed by atoms with E-state index in [0.717, 1.165) is 5.56 Å². The molecule has 2 aromatic carbocycles. The first-order valence-electron chi connectivity index (χ1n) is 12.0. The van der Waals surface area contributed by atoms with Crippen molar-refractivity contribution in [2.75, 3.05) is 27.2 Å². The molecule has 4 rings (SSSR count). The quantitative estimate of drug-likeness (QED) is 0.332. The highest BCUT2D eigenvalue weighted by molar-refractivity contribution is 6.30. The third kappa shape index (κ3) is 5.64. The number of hydrogen-bond acceptors (Lipinski definition) is 5. The Hall–Kier alpha value is -3.55. The van der Waals surface area contributed by atoms with Crippen molar-refractivity contribution in [1.82, 2.24) is 24.3 Å². The summed E-state index contributed by atoms with van der Waals surface area (Å²) in [5, 5.41) is 1.02. The molecule has 0 spiro atoms. The third-order valence-corrected chi connectivity index (χ3v) is 6.40. The van der Waals surface area contributed by atoms with Crippen LogP contribution in [0.4, 0.5) is 0 Å². The molecular weight excluding hydrogens is 474 g/mol. The van der Waals surface area contributed by atoms with Gasteiger partial charge in [-0.05, 0) is 62.5 Å². The molecule has 1 amide bonds. The number of amides is 1. The van der Waals surface area contributed by atoms with Gasteiger partial charge >= 0.3 is 0 Å². The molecule has 36 heavy (non-hydrogen) atoms. The van der Waals surface area contributed by atoms with Gasteiger partial charge in [0.2, 0.25) is 0 Å². The van der Waals surface area contributed by atoms with Gasteiger partial charge in [-0.15, -0.1) is 0 Å². The largest absolute Gasteiger partial charge is 0.327 e. The molecule has 0 radical (unpaired) electrons. The van der Waals surface area contributed by atoms with Gasteiger partial charge in [-0.1, -0.05) is 48.9 Å². The molecule has 0 fully saturated rings. The number of nitrogens with zero attached hydrogens (tertiary/aromatic N) is 5. The number of aromatic nitrogens is 3. The molecule has 1 atom stereocenters. The monoisotopic (exact) mass is 503 g/mol. The van der Waals surface area contributed by atoms with Gasteiger partial charge in [0, 0.05) is 29.9 Å². The second-order valence-corrected chi connectivity index (χ2v) is 9.39. The lowest BCUT2D eigenvalue weighted by atomic mass is 10.1. The fourth-order valence-corrected chi connectivity index (χ4v) is 4.38. The average molecular weight is 504 g/mol. The maximum Gasteiger partial charge on any atom is 0.263 e. The number of carbonyl (C=O) groups excluding carboxylic acids is 1. The van der Waals surface area contributed by atoms with E-state index in [1.165, 1.54) is 0 Å². The van der Waals surface area contributed by atoms with E-state index in [4.69, 9.17) is 16.6 Å². The summed E-state index contributed by atoms with van der Waals surface area (Å²) in [6.07, 6.45) is 2.20. The van der Waals surface area contributed by atoms with Gasteiger partial charge in [-0.3, -0.25) is 14.2 Å².